The molecule has 6 nitrogen and oxygen atoms in total. The van der Waals surface area contributed by atoms with Crippen molar-refractivity contribution >= 4 is 28.6 Å². The first-order valence-corrected chi connectivity index (χ1v) is 8.36. The highest BCUT2D eigenvalue weighted by Crippen LogP contribution is 2.20. The predicted molar refractivity (Wildman–Crippen MR) is 91.3 cm³/mol. The summed E-state index contributed by atoms with van der Waals surface area (Å²) in [5.74, 6) is 0.0119. The summed E-state index contributed by atoms with van der Waals surface area (Å²) in [6.45, 7) is 2.49. The summed E-state index contributed by atoms with van der Waals surface area (Å²) in [5, 5.41) is 12.5. The molecule has 3 rings (SSSR count). The van der Waals surface area contributed by atoms with E-state index < -0.39 is 0 Å². The topological polar surface area (TPSA) is 75.6 Å². The van der Waals surface area contributed by atoms with E-state index in [1.165, 1.54) is 22.7 Å². The number of carbonyl (C=O) groups excluding carboxylic acids is 1. The Balaban J connectivity index is 1.52. The average molecular weight is 329 g/mol. The van der Waals surface area contributed by atoms with Gasteiger partial charge in [0, 0.05) is 30.7 Å². The lowest BCUT2D eigenvalue weighted by atomic mass is 10.1. The minimum atomic E-state index is -0.208. The summed E-state index contributed by atoms with van der Waals surface area (Å²) in [5.41, 5.74) is 2.34. The first kappa shape index (κ1) is 15.6. The molecule has 0 bridgehead atoms. The second kappa shape index (κ2) is 6.87. The van der Waals surface area contributed by atoms with E-state index in [0.717, 1.165) is 17.1 Å². The fourth-order valence-electron chi connectivity index (χ4n) is 2.39. The van der Waals surface area contributed by atoms with Gasteiger partial charge in [-0.05, 0) is 25.0 Å². The largest absolute Gasteiger partial charge is 0.361 e. The molecular weight excluding hydrogens is 310 g/mol. The van der Waals surface area contributed by atoms with Crippen molar-refractivity contribution in [2.24, 2.45) is 7.05 Å². The maximum atomic E-state index is 12.2. The maximum Gasteiger partial charge on any atom is 0.233 e. The summed E-state index contributed by atoms with van der Waals surface area (Å²) < 4.78 is 1.81. The summed E-state index contributed by atoms with van der Waals surface area (Å²) in [4.78, 5) is 15.4. The zero-order valence-electron chi connectivity index (χ0n) is 13.1. The monoisotopic (exact) mass is 329 g/mol. The summed E-state index contributed by atoms with van der Waals surface area (Å²) >= 11 is 1.41. The number of hydrogen-bond donors (Lipinski definition) is 2. The number of para-hydroxylation sites is 1. The number of rotatable bonds is 6. The molecule has 1 aromatic carbocycles. The van der Waals surface area contributed by atoms with Crippen LogP contribution in [0.25, 0.3) is 10.9 Å². The van der Waals surface area contributed by atoms with Crippen LogP contribution in [0.3, 0.4) is 0 Å². The van der Waals surface area contributed by atoms with Gasteiger partial charge in [0.25, 0.3) is 0 Å². The molecule has 1 atom stereocenters. The van der Waals surface area contributed by atoms with Gasteiger partial charge in [-0.15, -0.1) is 10.2 Å². The lowest BCUT2D eigenvalue weighted by molar-refractivity contribution is -0.120. The van der Waals surface area contributed by atoms with Crippen LogP contribution in [0, 0.1) is 0 Å². The van der Waals surface area contributed by atoms with Crippen LogP contribution in [0.1, 0.15) is 12.5 Å². The number of aryl methyl sites for hydroxylation is 1. The molecule has 0 aliphatic rings. The summed E-state index contributed by atoms with van der Waals surface area (Å²) in [6, 6.07) is 8.18. The molecule has 0 fully saturated rings. The fourth-order valence-corrected chi connectivity index (χ4v) is 3.21. The Morgan fingerprint density at radius 3 is 3.04 bits per heavy atom. The van der Waals surface area contributed by atoms with Crippen molar-refractivity contribution in [2.45, 2.75) is 23.8 Å². The number of amides is 1. The molecule has 2 aromatic heterocycles. The molecule has 1 amide bonds. The molecule has 1 unspecified atom stereocenters. The standard InChI is InChI=1S/C16H19N5OS/c1-11(23-16-20-19-10-21(16)2)15(22)17-8-7-12-9-18-14-6-4-3-5-13(12)14/h3-6,9-11,18H,7-8H2,1-2H3,(H,17,22). The van der Waals surface area contributed by atoms with Gasteiger partial charge in [0.1, 0.15) is 6.33 Å². The SMILES string of the molecule is CC(Sc1nncn1C)C(=O)NCCc1c[nH]c2ccccc12. The van der Waals surface area contributed by atoms with Crippen molar-refractivity contribution in [3.63, 3.8) is 0 Å². The molecule has 0 radical (unpaired) electrons. The van der Waals surface area contributed by atoms with Gasteiger partial charge in [-0.1, -0.05) is 30.0 Å². The van der Waals surface area contributed by atoms with E-state index in [4.69, 9.17) is 0 Å². The minimum absolute atomic E-state index is 0.0119. The molecule has 120 valence electrons. The predicted octanol–water partition coefficient (Wildman–Crippen LogP) is 2.14. The van der Waals surface area contributed by atoms with Crippen molar-refractivity contribution in [3.05, 3.63) is 42.4 Å². The van der Waals surface area contributed by atoms with E-state index >= 15 is 0 Å². The van der Waals surface area contributed by atoms with Gasteiger partial charge in [-0.25, -0.2) is 0 Å². The summed E-state index contributed by atoms with van der Waals surface area (Å²) in [7, 11) is 1.87. The number of H-pyrrole nitrogens is 1. The molecule has 0 saturated heterocycles. The first-order chi connectivity index (χ1) is 11.1. The number of nitrogens with zero attached hydrogens (tertiary/aromatic N) is 3. The van der Waals surface area contributed by atoms with Crippen LogP contribution < -0.4 is 5.32 Å². The number of hydrogen-bond acceptors (Lipinski definition) is 4. The fraction of sp³-hybridized carbons (Fsp3) is 0.312. The van der Waals surface area contributed by atoms with Gasteiger partial charge in [0.2, 0.25) is 5.91 Å². The number of carbonyl (C=O) groups is 1. The molecular formula is C16H19N5OS. The van der Waals surface area contributed by atoms with E-state index in [0.29, 0.717) is 6.54 Å². The Bertz CT molecular complexity index is 810. The third kappa shape index (κ3) is 3.56. The van der Waals surface area contributed by atoms with Gasteiger partial charge in [0.15, 0.2) is 5.16 Å². The molecule has 0 aliphatic heterocycles. The van der Waals surface area contributed by atoms with Gasteiger partial charge in [-0.2, -0.15) is 0 Å². The lowest BCUT2D eigenvalue weighted by Crippen LogP contribution is -2.32. The molecule has 2 heterocycles. The van der Waals surface area contributed by atoms with E-state index in [9.17, 15) is 4.79 Å². The number of fused-ring (bicyclic) bond motifs is 1. The highest BCUT2D eigenvalue weighted by molar-refractivity contribution is 8.00. The van der Waals surface area contributed by atoms with E-state index in [1.807, 2.05) is 32.3 Å². The lowest BCUT2D eigenvalue weighted by Gasteiger charge is -2.11. The molecule has 0 saturated carbocycles. The third-order valence-corrected chi connectivity index (χ3v) is 4.84. The first-order valence-electron chi connectivity index (χ1n) is 7.48. The van der Waals surface area contributed by atoms with Crippen molar-refractivity contribution < 1.29 is 4.79 Å². The van der Waals surface area contributed by atoms with Gasteiger partial charge >= 0.3 is 0 Å². The third-order valence-electron chi connectivity index (χ3n) is 3.69. The smallest absolute Gasteiger partial charge is 0.233 e. The average Bonchev–Trinajstić information content (AvgIpc) is 3.14. The number of benzene rings is 1. The highest BCUT2D eigenvalue weighted by Gasteiger charge is 2.16. The molecule has 3 aromatic rings. The number of thioether (sulfide) groups is 1. The van der Waals surface area contributed by atoms with E-state index in [-0.39, 0.29) is 11.2 Å². The molecule has 0 spiro atoms. The van der Waals surface area contributed by atoms with Gasteiger partial charge in [0.05, 0.1) is 5.25 Å². The minimum Gasteiger partial charge on any atom is -0.361 e. The second-order valence-electron chi connectivity index (χ2n) is 5.39. The molecule has 7 heteroatoms. The Labute approximate surface area is 138 Å². The Morgan fingerprint density at radius 1 is 1.43 bits per heavy atom. The van der Waals surface area contributed by atoms with Crippen LogP contribution in [0.15, 0.2) is 41.9 Å². The normalized spacial score (nSPS) is 12.4. The van der Waals surface area contributed by atoms with Gasteiger partial charge in [-0.3, -0.25) is 4.79 Å². The highest BCUT2D eigenvalue weighted by atomic mass is 32.2. The quantitative estimate of drug-likeness (QED) is 0.679. The van der Waals surface area contributed by atoms with Crippen molar-refractivity contribution in [2.75, 3.05) is 6.54 Å². The maximum absolute atomic E-state index is 12.2. The van der Waals surface area contributed by atoms with Crippen molar-refractivity contribution in [1.29, 1.82) is 0 Å². The molecule has 2 N–H and O–H groups in total. The van der Waals surface area contributed by atoms with Crippen LogP contribution >= 0.6 is 11.8 Å². The summed E-state index contributed by atoms with van der Waals surface area (Å²) in [6.07, 6.45) is 4.44. The zero-order chi connectivity index (χ0) is 16.2. The van der Waals surface area contributed by atoms with Crippen LogP contribution in [-0.2, 0) is 18.3 Å². The van der Waals surface area contributed by atoms with E-state index in [1.54, 1.807) is 10.9 Å². The molecule has 23 heavy (non-hydrogen) atoms. The Morgan fingerprint density at radius 2 is 2.26 bits per heavy atom. The number of nitrogens with one attached hydrogen (secondary N) is 2. The van der Waals surface area contributed by atoms with Gasteiger partial charge < -0.3 is 14.9 Å². The van der Waals surface area contributed by atoms with E-state index in [2.05, 4.69) is 32.6 Å². The Hall–Kier alpha value is -2.28. The Kier molecular flexibility index (Phi) is 4.66. The van der Waals surface area contributed by atoms with Crippen molar-refractivity contribution in [3.8, 4) is 0 Å². The van der Waals surface area contributed by atoms with Crippen LogP contribution in [0.5, 0.6) is 0 Å². The number of aromatic nitrogens is 4. The molecule has 0 aliphatic carbocycles. The van der Waals surface area contributed by atoms with Crippen LogP contribution in [0.2, 0.25) is 0 Å². The number of aromatic amines is 1. The van der Waals surface area contributed by atoms with Crippen LogP contribution in [-0.4, -0.2) is 37.5 Å². The second-order valence-corrected chi connectivity index (χ2v) is 6.69. The van der Waals surface area contributed by atoms with Crippen LogP contribution in [0.4, 0.5) is 0 Å². The van der Waals surface area contributed by atoms with Crippen molar-refractivity contribution in [1.82, 2.24) is 25.1 Å². The zero-order valence-corrected chi connectivity index (χ0v) is 13.9.